The molecular formula is C16H18N4S. The molecule has 0 aliphatic rings. The molecule has 0 saturated carbocycles. The molecule has 108 valence electrons. The summed E-state index contributed by atoms with van der Waals surface area (Å²) in [4.78, 5) is 4.37. The van der Waals surface area contributed by atoms with Gasteiger partial charge in [0.2, 0.25) is 0 Å². The molecule has 4 nitrogen and oxygen atoms in total. The third kappa shape index (κ3) is 3.64. The summed E-state index contributed by atoms with van der Waals surface area (Å²) in [7, 11) is 0. The molecule has 0 unspecified atom stereocenters. The number of rotatable bonds is 4. The van der Waals surface area contributed by atoms with E-state index in [1.165, 1.54) is 0 Å². The van der Waals surface area contributed by atoms with E-state index in [-0.39, 0.29) is 5.11 Å². The number of hydrazone groups is 1. The van der Waals surface area contributed by atoms with Gasteiger partial charge in [0.25, 0.3) is 0 Å². The van der Waals surface area contributed by atoms with Crippen LogP contribution in [0.15, 0.2) is 47.7 Å². The lowest BCUT2D eigenvalue weighted by molar-refractivity contribution is 0.477. The second-order valence-corrected chi connectivity index (χ2v) is 4.95. The predicted octanol–water partition coefficient (Wildman–Crippen LogP) is 2.96. The first-order valence-electron chi connectivity index (χ1n) is 6.75. The van der Waals surface area contributed by atoms with Crippen molar-refractivity contribution in [1.29, 1.82) is 0 Å². The minimum Gasteiger partial charge on any atom is -0.375 e. The van der Waals surface area contributed by atoms with Gasteiger partial charge in [0.05, 0.1) is 11.9 Å². The van der Waals surface area contributed by atoms with Crippen LogP contribution in [0.1, 0.15) is 18.2 Å². The van der Waals surface area contributed by atoms with Gasteiger partial charge in [0.15, 0.2) is 5.11 Å². The van der Waals surface area contributed by atoms with Crippen LogP contribution < -0.4 is 5.73 Å². The average molecular weight is 298 g/mol. The zero-order valence-electron chi connectivity index (χ0n) is 12.2. The maximum Gasteiger partial charge on any atom is 0.186 e. The molecule has 0 aliphatic carbocycles. The van der Waals surface area contributed by atoms with Crippen LogP contribution in [-0.4, -0.2) is 27.9 Å². The van der Waals surface area contributed by atoms with Crippen molar-refractivity contribution < 1.29 is 0 Å². The third-order valence-electron chi connectivity index (χ3n) is 3.20. The van der Waals surface area contributed by atoms with Crippen molar-refractivity contribution in [3.05, 3.63) is 53.9 Å². The molecular weight excluding hydrogens is 280 g/mol. The predicted molar refractivity (Wildman–Crippen MR) is 91.2 cm³/mol. The van der Waals surface area contributed by atoms with Gasteiger partial charge in [-0.25, -0.2) is 5.01 Å². The summed E-state index contributed by atoms with van der Waals surface area (Å²) in [6.07, 6.45) is 3.48. The first-order chi connectivity index (χ1) is 10.1. The lowest BCUT2D eigenvalue weighted by Gasteiger charge is -2.14. The van der Waals surface area contributed by atoms with Crippen molar-refractivity contribution in [3.63, 3.8) is 0 Å². The first-order valence-corrected chi connectivity index (χ1v) is 7.16. The highest BCUT2D eigenvalue weighted by molar-refractivity contribution is 7.80. The molecule has 2 aromatic rings. The SMILES string of the molecule is CCN(/N=C/c1nccc(-c2ccccc2)c1C)C(N)=S. The van der Waals surface area contributed by atoms with E-state index in [2.05, 4.69) is 22.2 Å². The monoisotopic (exact) mass is 298 g/mol. The fourth-order valence-electron chi connectivity index (χ4n) is 2.03. The Morgan fingerprint density at radius 2 is 2.05 bits per heavy atom. The molecule has 1 heterocycles. The Bertz CT molecular complexity index is 653. The van der Waals surface area contributed by atoms with Crippen LogP contribution in [-0.2, 0) is 0 Å². The first kappa shape index (κ1) is 15.1. The highest BCUT2D eigenvalue weighted by Gasteiger charge is 2.06. The van der Waals surface area contributed by atoms with Gasteiger partial charge in [-0.3, -0.25) is 4.98 Å². The lowest BCUT2D eigenvalue weighted by atomic mass is 10.0. The van der Waals surface area contributed by atoms with Gasteiger partial charge >= 0.3 is 0 Å². The molecule has 0 saturated heterocycles. The molecule has 0 amide bonds. The van der Waals surface area contributed by atoms with Crippen LogP contribution >= 0.6 is 12.2 Å². The Morgan fingerprint density at radius 1 is 1.33 bits per heavy atom. The quantitative estimate of drug-likeness (QED) is 0.535. The normalized spacial score (nSPS) is 10.8. The van der Waals surface area contributed by atoms with Crippen LogP contribution in [0.2, 0.25) is 0 Å². The summed E-state index contributed by atoms with van der Waals surface area (Å²) in [6.45, 7) is 4.61. The number of nitrogens with zero attached hydrogens (tertiary/aromatic N) is 3. The van der Waals surface area contributed by atoms with Gasteiger partial charge in [-0.05, 0) is 48.8 Å². The molecule has 0 aliphatic heterocycles. The second kappa shape index (κ2) is 6.95. The van der Waals surface area contributed by atoms with E-state index in [4.69, 9.17) is 18.0 Å². The molecule has 0 atom stereocenters. The average Bonchev–Trinajstić information content (AvgIpc) is 2.50. The van der Waals surface area contributed by atoms with Crippen molar-refractivity contribution in [2.45, 2.75) is 13.8 Å². The standard InChI is InChI=1S/C16H18N4S/c1-3-20(16(17)21)19-11-15-12(2)14(9-10-18-15)13-7-5-4-6-8-13/h4-11H,3H2,1-2H3,(H2,17,21)/b19-11+. The molecule has 0 spiro atoms. The number of hydrogen-bond donors (Lipinski definition) is 1. The maximum atomic E-state index is 5.59. The van der Waals surface area contributed by atoms with Crippen LogP contribution in [0.3, 0.4) is 0 Å². The van der Waals surface area contributed by atoms with Crippen LogP contribution in [0.4, 0.5) is 0 Å². The van der Waals surface area contributed by atoms with E-state index in [0.29, 0.717) is 6.54 Å². The van der Waals surface area contributed by atoms with Gasteiger partial charge in [0.1, 0.15) is 0 Å². The summed E-state index contributed by atoms with van der Waals surface area (Å²) < 4.78 is 0. The smallest absolute Gasteiger partial charge is 0.186 e. The van der Waals surface area contributed by atoms with E-state index in [9.17, 15) is 0 Å². The molecule has 2 rings (SSSR count). The van der Waals surface area contributed by atoms with Crippen LogP contribution in [0, 0.1) is 6.92 Å². The lowest BCUT2D eigenvalue weighted by Crippen LogP contribution is -2.30. The van der Waals surface area contributed by atoms with Gasteiger partial charge in [-0.2, -0.15) is 5.10 Å². The molecule has 1 aromatic heterocycles. The van der Waals surface area contributed by atoms with Gasteiger partial charge in [-0.1, -0.05) is 30.3 Å². The van der Waals surface area contributed by atoms with E-state index in [0.717, 1.165) is 22.4 Å². The molecule has 2 N–H and O–H groups in total. The molecule has 5 heteroatoms. The highest BCUT2D eigenvalue weighted by atomic mass is 32.1. The van der Waals surface area contributed by atoms with Crippen molar-refractivity contribution >= 4 is 23.5 Å². The van der Waals surface area contributed by atoms with Gasteiger partial charge < -0.3 is 5.73 Å². The topological polar surface area (TPSA) is 54.5 Å². The highest BCUT2D eigenvalue weighted by Crippen LogP contribution is 2.23. The number of pyridine rings is 1. The Hall–Kier alpha value is -2.27. The fraction of sp³-hybridized carbons (Fsp3) is 0.188. The van der Waals surface area contributed by atoms with E-state index in [1.807, 2.05) is 38.1 Å². The Kier molecular flexibility index (Phi) is 5.00. The number of benzene rings is 1. The minimum absolute atomic E-state index is 0.255. The second-order valence-electron chi connectivity index (χ2n) is 4.53. The fourth-order valence-corrected chi connectivity index (χ4v) is 2.21. The molecule has 21 heavy (non-hydrogen) atoms. The van der Waals surface area contributed by atoms with Crippen LogP contribution in [0.5, 0.6) is 0 Å². The summed E-state index contributed by atoms with van der Waals surface area (Å²) in [5.41, 5.74) is 9.78. The van der Waals surface area contributed by atoms with E-state index in [1.54, 1.807) is 17.4 Å². The molecule has 0 bridgehead atoms. The van der Waals surface area contributed by atoms with E-state index >= 15 is 0 Å². The largest absolute Gasteiger partial charge is 0.375 e. The Morgan fingerprint density at radius 3 is 2.67 bits per heavy atom. The molecule has 0 fully saturated rings. The van der Waals surface area contributed by atoms with Crippen molar-refractivity contribution in [3.8, 4) is 11.1 Å². The summed E-state index contributed by atoms with van der Waals surface area (Å²) >= 11 is 4.94. The maximum absolute atomic E-state index is 5.59. The minimum atomic E-state index is 0.255. The summed E-state index contributed by atoms with van der Waals surface area (Å²) in [5, 5.41) is 6.10. The number of aromatic nitrogens is 1. The van der Waals surface area contributed by atoms with Gasteiger partial charge in [-0.15, -0.1) is 0 Å². The van der Waals surface area contributed by atoms with Crippen molar-refractivity contribution in [1.82, 2.24) is 9.99 Å². The number of nitrogens with two attached hydrogens (primary N) is 1. The Balaban J connectivity index is 2.35. The zero-order valence-corrected chi connectivity index (χ0v) is 13.0. The number of hydrogen-bond acceptors (Lipinski definition) is 3. The third-order valence-corrected chi connectivity index (χ3v) is 3.41. The summed E-state index contributed by atoms with van der Waals surface area (Å²) in [5.74, 6) is 0. The summed E-state index contributed by atoms with van der Waals surface area (Å²) in [6, 6.07) is 12.2. The van der Waals surface area contributed by atoms with Crippen LogP contribution in [0.25, 0.3) is 11.1 Å². The molecule has 0 radical (unpaired) electrons. The van der Waals surface area contributed by atoms with Crippen molar-refractivity contribution in [2.75, 3.05) is 6.54 Å². The number of thiocarbonyl (C=S) groups is 1. The molecule has 1 aromatic carbocycles. The van der Waals surface area contributed by atoms with E-state index < -0.39 is 0 Å². The Labute approximate surface area is 130 Å². The zero-order chi connectivity index (χ0) is 15.2. The van der Waals surface area contributed by atoms with Gasteiger partial charge in [0, 0.05) is 12.7 Å². The van der Waals surface area contributed by atoms with Crippen molar-refractivity contribution in [2.24, 2.45) is 10.8 Å².